The summed E-state index contributed by atoms with van der Waals surface area (Å²) in [5.74, 6) is 0. The van der Waals surface area contributed by atoms with Crippen molar-refractivity contribution in [3.05, 3.63) is 187 Å². The molecular weight excluding hydrogens is 613 g/mol. The molecule has 0 bridgehead atoms. The molecule has 0 radical (unpaired) electrons. The minimum atomic E-state index is 0.950. The molecule has 0 spiro atoms. The average Bonchev–Trinajstić information content (AvgIpc) is 3.48. The third kappa shape index (κ3) is 5.02. The molecule has 1 aliphatic carbocycles. The van der Waals surface area contributed by atoms with E-state index in [0.717, 1.165) is 12.8 Å². The Hall–Kier alpha value is -6.11. The van der Waals surface area contributed by atoms with Crippen LogP contribution >= 0.6 is 0 Å². The maximum atomic E-state index is 2.38. The summed E-state index contributed by atoms with van der Waals surface area (Å²) in [6.45, 7) is 4.62. The van der Waals surface area contributed by atoms with E-state index >= 15 is 0 Å². The number of benzene rings is 7. The first-order valence-electron chi connectivity index (χ1n) is 18.2. The number of rotatable bonds is 7. The summed E-state index contributed by atoms with van der Waals surface area (Å²) in [5, 5.41) is 2.70. The van der Waals surface area contributed by atoms with E-state index in [-0.39, 0.29) is 0 Å². The van der Waals surface area contributed by atoms with Crippen molar-refractivity contribution in [2.24, 2.45) is 0 Å². The normalized spacial score (nSPS) is 11.5. The third-order valence-corrected chi connectivity index (χ3v) is 10.7. The van der Waals surface area contributed by atoms with E-state index < -0.39 is 0 Å². The molecule has 0 heteroatoms. The zero-order chi connectivity index (χ0) is 34.3. The first-order valence-corrected chi connectivity index (χ1v) is 18.2. The third-order valence-electron chi connectivity index (χ3n) is 10.7. The van der Waals surface area contributed by atoms with Gasteiger partial charge in [0.2, 0.25) is 0 Å². The number of fused-ring (bicyclic) bond motifs is 3. The van der Waals surface area contributed by atoms with Gasteiger partial charge in [0.15, 0.2) is 0 Å². The number of aryl methyl sites for hydroxylation is 2. The minimum absolute atomic E-state index is 0.950. The van der Waals surface area contributed by atoms with Gasteiger partial charge >= 0.3 is 0 Å². The van der Waals surface area contributed by atoms with Crippen molar-refractivity contribution in [3.63, 3.8) is 0 Å². The molecule has 0 aromatic heterocycles. The second-order valence-corrected chi connectivity index (χ2v) is 13.5. The van der Waals surface area contributed by atoms with Crippen molar-refractivity contribution in [1.29, 1.82) is 0 Å². The Kier molecular flexibility index (Phi) is 7.86. The van der Waals surface area contributed by atoms with Crippen LogP contribution < -0.4 is 0 Å². The molecule has 1 aliphatic rings. The molecule has 0 N–H and O–H groups in total. The monoisotopic (exact) mass is 651 g/mol. The van der Waals surface area contributed by atoms with Crippen LogP contribution in [0.2, 0.25) is 0 Å². The Morgan fingerprint density at radius 1 is 0.333 bits per heavy atom. The fourth-order valence-electron chi connectivity index (χ4n) is 8.51. The van der Waals surface area contributed by atoms with Gasteiger partial charge in [0.05, 0.1) is 22.3 Å². The second kappa shape index (κ2) is 13.0. The molecule has 0 atom stereocenters. The Morgan fingerprint density at radius 2 is 0.686 bits per heavy atom. The fraction of sp³-hybridized carbons (Fsp3) is 0.0784. The molecule has 0 heterocycles. The molecule has 8 aromatic rings. The zero-order valence-electron chi connectivity index (χ0n) is 29.2. The van der Waals surface area contributed by atoms with Crippen LogP contribution in [0.1, 0.15) is 25.0 Å². The SMILES string of the molecule is CCc1ccc2ccc(CC)c3c2c1-c1c-3c(-c2ccccc2)c(-c2ccccc2)[c+](-c2ccccc2)c(-c2ccccc2)c1-c1ccccc1. The summed E-state index contributed by atoms with van der Waals surface area (Å²) < 4.78 is 0. The molecule has 242 valence electrons. The maximum absolute atomic E-state index is 2.38. The number of hydrogen-bond acceptors (Lipinski definition) is 0. The topological polar surface area (TPSA) is 0 Å². The van der Waals surface area contributed by atoms with Crippen LogP contribution in [-0.4, -0.2) is 0 Å². The molecule has 0 saturated heterocycles. The van der Waals surface area contributed by atoms with Gasteiger partial charge < -0.3 is 0 Å². The van der Waals surface area contributed by atoms with Crippen molar-refractivity contribution in [2.75, 3.05) is 0 Å². The second-order valence-electron chi connectivity index (χ2n) is 13.5. The van der Waals surface area contributed by atoms with Crippen molar-refractivity contribution < 1.29 is 0 Å². The van der Waals surface area contributed by atoms with E-state index in [0.29, 0.717) is 0 Å². The molecule has 0 unspecified atom stereocenters. The van der Waals surface area contributed by atoms with E-state index in [2.05, 4.69) is 190 Å². The quantitative estimate of drug-likeness (QED) is 0.150. The van der Waals surface area contributed by atoms with Gasteiger partial charge in [0.1, 0.15) is 0 Å². The number of hydrogen-bond donors (Lipinski definition) is 0. The molecular formula is C51H39+. The lowest BCUT2D eigenvalue weighted by molar-refractivity contribution is 1.15. The lowest BCUT2D eigenvalue weighted by Crippen LogP contribution is -1.94. The van der Waals surface area contributed by atoms with Crippen LogP contribution in [-0.2, 0) is 12.8 Å². The lowest BCUT2D eigenvalue weighted by atomic mass is 9.82. The Bertz CT molecular complexity index is 2380. The van der Waals surface area contributed by atoms with Crippen LogP contribution in [0.5, 0.6) is 0 Å². The summed E-state index contributed by atoms with van der Waals surface area (Å²) in [7, 11) is 0. The van der Waals surface area contributed by atoms with Crippen LogP contribution in [0.25, 0.3) is 88.7 Å². The average molecular weight is 652 g/mol. The van der Waals surface area contributed by atoms with Gasteiger partial charge in [-0.3, -0.25) is 0 Å². The van der Waals surface area contributed by atoms with E-state index in [1.54, 1.807) is 0 Å². The highest BCUT2D eigenvalue weighted by atomic mass is 14.4. The maximum Gasteiger partial charge on any atom is 0.0698 e. The lowest BCUT2D eigenvalue weighted by Gasteiger charge is -2.16. The van der Waals surface area contributed by atoms with Gasteiger partial charge in [-0.25, -0.2) is 0 Å². The predicted molar refractivity (Wildman–Crippen MR) is 219 cm³/mol. The highest BCUT2D eigenvalue weighted by molar-refractivity contribution is 6.26. The minimum Gasteiger partial charge on any atom is -0.0622 e. The Balaban J connectivity index is 1.70. The highest BCUT2D eigenvalue weighted by Gasteiger charge is 2.38. The largest absolute Gasteiger partial charge is 0.0698 e. The van der Waals surface area contributed by atoms with Gasteiger partial charge in [-0.05, 0) is 108 Å². The van der Waals surface area contributed by atoms with Crippen molar-refractivity contribution in [2.45, 2.75) is 26.7 Å². The Morgan fingerprint density at radius 3 is 1.06 bits per heavy atom. The van der Waals surface area contributed by atoms with Gasteiger partial charge in [-0.15, -0.1) is 0 Å². The molecule has 0 aliphatic heterocycles. The van der Waals surface area contributed by atoms with Crippen LogP contribution in [0.15, 0.2) is 176 Å². The molecule has 0 fully saturated rings. The first-order chi connectivity index (χ1) is 25.3. The van der Waals surface area contributed by atoms with E-state index in [9.17, 15) is 0 Å². The van der Waals surface area contributed by atoms with Crippen molar-refractivity contribution in [1.82, 2.24) is 0 Å². The van der Waals surface area contributed by atoms with Crippen LogP contribution in [0, 0.1) is 0 Å². The van der Waals surface area contributed by atoms with E-state index in [1.165, 1.54) is 99.8 Å². The summed E-state index contributed by atoms with van der Waals surface area (Å²) in [4.78, 5) is 0. The molecule has 0 saturated carbocycles. The van der Waals surface area contributed by atoms with E-state index in [1.807, 2.05) is 0 Å². The summed E-state index contributed by atoms with van der Waals surface area (Å²) in [6.07, 6.45) is 1.90. The summed E-state index contributed by atoms with van der Waals surface area (Å²) in [5.41, 5.74) is 20.7. The smallest absolute Gasteiger partial charge is 0.0622 e. The first kappa shape index (κ1) is 30.9. The van der Waals surface area contributed by atoms with Gasteiger partial charge in [-0.2, -0.15) is 0 Å². The van der Waals surface area contributed by atoms with Crippen molar-refractivity contribution in [3.8, 4) is 77.9 Å². The highest BCUT2D eigenvalue weighted by Crippen LogP contribution is 2.62. The van der Waals surface area contributed by atoms with E-state index in [4.69, 9.17) is 0 Å². The van der Waals surface area contributed by atoms with Gasteiger partial charge in [0, 0.05) is 55.6 Å². The summed E-state index contributed by atoms with van der Waals surface area (Å²) >= 11 is 0. The predicted octanol–water partition coefficient (Wildman–Crippen LogP) is 14.2. The Labute approximate surface area is 301 Å². The molecule has 0 nitrogen and oxygen atoms in total. The fourth-order valence-corrected chi connectivity index (χ4v) is 8.51. The van der Waals surface area contributed by atoms with Gasteiger partial charge in [-0.1, -0.05) is 117 Å². The van der Waals surface area contributed by atoms with Crippen molar-refractivity contribution >= 4 is 10.8 Å². The zero-order valence-corrected chi connectivity index (χ0v) is 29.2. The molecule has 9 rings (SSSR count). The molecule has 8 aromatic carbocycles. The molecule has 51 heavy (non-hydrogen) atoms. The van der Waals surface area contributed by atoms with Gasteiger partial charge in [0.25, 0.3) is 0 Å². The van der Waals surface area contributed by atoms with Crippen LogP contribution in [0.3, 0.4) is 0 Å². The standard InChI is InChI=1S/C51H39/c1-3-34-30-32-41-33-31-35(4-2)43-47(41)42(34)50-48(39-26-16-8-17-27-39)45(37-22-12-6-13-23-37)44(36-20-10-5-11-21-36)46(38-24-14-7-15-25-38)49(51(43)50)40-28-18-9-19-29-40/h5-33H,3-4H2,1-2H3/q+1. The summed E-state index contributed by atoms with van der Waals surface area (Å²) in [6, 6.07) is 65.1. The molecule has 0 amide bonds. The van der Waals surface area contributed by atoms with Crippen LogP contribution in [0.4, 0.5) is 0 Å².